The third kappa shape index (κ3) is 3.18. The van der Waals surface area contributed by atoms with E-state index in [2.05, 4.69) is 11.6 Å². The predicted molar refractivity (Wildman–Crippen MR) is 57.1 cm³/mol. The first-order valence-corrected chi connectivity index (χ1v) is 4.65. The average molecular weight is 192 g/mol. The minimum absolute atomic E-state index is 0.455. The maximum Gasteiger partial charge on any atom is 0.217 e. The van der Waals surface area contributed by atoms with Gasteiger partial charge in [-0.3, -0.25) is 0 Å². The van der Waals surface area contributed by atoms with Crippen molar-refractivity contribution in [1.29, 1.82) is 0 Å². The third-order valence-corrected chi connectivity index (χ3v) is 1.84. The van der Waals surface area contributed by atoms with Gasteiger partial charge < -0.3 is 10.5 Å². The second kappa shape index (κ2) is 5.40. The van der Waals surface area contributed by atoms with E-state index in [0.717, 1.165) is 17.6 Å². The Kier molecular flexibility index (Phi) is 4.13. The summed E-state index contributed by atoms with van der Waals surface area (Å²) in [5.41, 5.74) is 7.59. The van der Waals surface area contributed by atoms with Gasteiger partial charge in [0.05, 0.1) is 6.61 Å². The maximum atomic E-state index is 5.54. The van der Waals surface area contributed by atoms with Crippen LogP contribution >= 0.6 is 0 Å². The fourth-order valence-electron chi connectivity index (χ4n) is 1.03. The zero-order valence-electron chi connectivity index (χ0n) is 8.49. The zero-order valence-corrected chi connectivity index (χ0v) is 8.49. The molecule has 1 rings (SSSR count). The van der Waals surface area contributed by atoms with Crippen molar-refractivity contribution in [2.24, 2.45) is 5.73 Å². The van der Waals surface area contributed by atoms with Gasteiger partial charge in [0.2, 0.25) is 5.88 Å². The van der Waals surface area contributed by atoms with E-state index in [4.69, 9.17) is 10.5 Å². The molecule has 0 bridgehead atoms. The Balaban J connectivity index is 2.53. The number of hydrogen-bond acceptors (Lipinski definition) is 3. The van der Waals surface area contributed by atoms with Crippen LogP contribution < -0.4 is 10.5 Å². The Bertz CT molecular complexity index is 310. The topological polar surface area (TPSA) is 48.1 Å². The van der Waals surface area contributed by atoms with Crippen molar-refractivity contribution in [2.75, 3.05) is 6.61 Å². The van der Waals surface area contributed by atoms with Crippen LogP contribution in [0.1, 0.15) is 18.9 Å². The van der Waals surface area contributed by atoms with Crippen molar-refractivity contribution in [3.8, 4) is 5.88 Å². The molecular formula is C11H16N2O. The van der Waals surface area contributed by atoms with Crippen LogP contribution in [0.3, 0.4) is 0 Å². The van der Waals surface area contributed by atoms with Crippen LogP contribution in [-0.4, -0.2) is 11.6 Å². The molecule has 1 aromatic rings. The molecule has 3 nitrogen and oxygen atoms in total. The van der Waals surface area contributed by atoms with Gasteiger partial charge in [-0.15, -0.1) is 6.58 Å². The quantitative estimate of drug-likeness (QED) is 0.725. The van der Waals surface area contributed by atoms with Gasteiger partial charge in [0.15, 0.2) is 0 Å². The number of rotatable bonds is 5. The number of pyridine rings is 1. The summed E-state index contributed by atoms with van der Waals surface area (Å²) in [6.45, 7) is 6.85. The SMILES string of the molecule is C=C(C)CCOc1ncccc1CN. The molecule has 1 heterocycles. The fraction of sp³-hybridized carbons (Fsp3) is 0.364. The highest BCUT2D eigenvalue weighted by Gasteiger charge is 2.01. The van der Waals surface area contributed by atoms with Crippen LogP contribution in [0.4, 0.5) is 0 Å². The molecule has 0 aliphatic carbocycles. The second-order valence-corrected chi connectivity index (χ2v) is 3.23. The van der Waals surface area contributed by atoms with E-state index < -0.39 is 0 Å². The number of ether oxygens (including phenoxy) is 1. The molecule has 2 N–H and O–H groups in total. The Morgan fingerprint density at radius 1 is 1.64 bits per heavy atom. The van der Waals surface area contributed by atoms with E-state index in [1.165, 1.54) is 0 Å². The van der Waals surface area contributed by atoms with Crippen molar-refractivity contribution in [3.63, 3.8) is 0 Å². The van der Waals surface area contributed by atoms with Crippen LogP contribution in [0.25, 0.3) is 0 Å². The molecule has 0 saturated carbocycles. The van der Waals surface area contributed by atoms with E-state index >= 15 is 0 Å². The molecule has 1 aromatic heterocycles. The lowest BCUT2D eigenvalue weighted by atomic mass is 10.2. The normalized spacial score (nSPS) is 9.86. The number of nitrogens with two attached hydrogens (primary N) is 1. The molecule has 0 radical (unpaired) electrons. The van der Waals surface area contributed by atoms with Crippen LogP contribution in [0, 0.1) is 0 Å². The van der Waals surface area contributed by atoms with Gasteiger partial charge >= 0.3 is 0 Å². The Morgan fingerprint density at radius 3 is 3.07 bits per heavy atom. The van der Waals surface area contributed by atoms with E-state index in [9.17, 15) is 0 Å². The summed E-state index contributed by atoms with van der Waals surface area (Å²) in [5.74, 6) is 0.635. The second-order valence-electron chi connectivity index (χ2n) is 3.23. The standard InChI is InChI=1S/C11H16N2O/c1-9(2)5-7-14-11-10(8-12)4-3-6-13-11/h3-4,6H,1,5,7-8,12H2,2H3. The van der Waals surface area contributed by atoms with Gasteiger partial charge in [-0.1, -0.05) is 11.6 Å². The van der Waals surface area contributed by atoms with E-state index in [-0.39, 0.29) is 0 Å². The summed E-state index contributed by atoms with van der Waals surface area (Å²) in [7, 11) is 0. The summed E-state index contributed by atoms with van der Waals surface area (Å²) >= 11 is 0. The Morgan fingerprint density at radius 2 is 2.43 bits per heavy atom. The molecule has 14 heavy (non-hydrogen) atoms. The van der Waals surface area contributed by atoms with Gasteiger partial charge in [-0.25, -0.2) is 4.98 Å². The van der Waals surface area contributed by atoms with E-state index in [0.29, 0.717) is 19.0 Å². The average Bonchev–Trinajstić information content (AvgIpc) is 2.18. The maximum absolute atomic E-state index is 5.54. The van der Waals surface area contributed by atoms with Crippen molar-refractivity contribution < 1.29 is 4.74 Å². The molecule has 76 valence electrons. The van der Waals surface area contributed by atoms with E-state index in [1.54, 1.807) is 6.20 Å². The van der Waals surface area contributed by atoms with Crippen molar-refractivity contribution >= 4 is 0 Å². The number of aromatic nitrogens is 1. The largest absolute Gasteiger partial charge is 0.477 e. The molecule has 0 fully saturated rings. The van der Waals surface area contributed by atoms with Gasteiger partial charge in [-0.2, -0.15) is 0 Å². The fourth-order valence-corrected chi connectivity index (χ4v) is 1.03. The highest BCUT2D eigenvalue weighted by Crippen LogP contribution is 2.13. The lowest BCUT2D eigenvalue weighted by Crippen LogP contribution is -2.05. The van der Waals surface area contributed by atoms with Crippen molar-refractivity contribution in [2.45, 2.75) is 19.9 Å². The predicted octanol–water partition coefficient (Wildman–Crippen LogP) is 1.89. The van der Waals surface area contributed by atoms with Crippen LogP contribution in [0.5, 0.6) is 5.88 Å². The highest BCUT2D eigenvalue weighted by atomic mass is 16.5. The van der Waals surface area contributed by atoms with Gasteiger partial charge in [0.25, 0.3) is 0 Å². The summed E-state index contributed by atoms with van der Waals surface area (Å²) in [5, 5.41) is 0. The minimum Gasteiger partial charge on any atom is -0.477 e. The summed E-state index contributed by atoms with van der Waals surface area (Å²) in [4.78, 5) is 4.11. The van der Waals surface area contributed by atoms with Crippen LogP contribution in [0.15, 0.2) is 30.5 Å². The first-order valence-electron chi connectivity index (χ1n) is 4.65. The van der Waals surface area contributed by atoms with E-state index in [1.807, 2.05) is 19.1 Å². The lowest BCUT2D eigenvalue weighted by Gasteiger charge is -2.08. The summed E-state index contributed by atoms with van der Waals surface area (Å²) in [6, 6.07) is 3.77. The molecule has 0 spiro atoms. The Hall–Kier alpha value is -1.35. The van der Waals surface area contributed by atoms with Crippen LogP contribution in [-0.2, 0) is 6.54 Å². The molecule has 0 amide bonds. The molecule has 0 aliphatic heterocycles. The molecule has 3 heteroatoms. The first kappa shape index (κ1) is 10.7. The monoisotopic (exact) mass is 192 g/mol. The zero-order chi connectivity index (χ0) is 10.4. The van der Waals surface area contributed by atoms with Crippen molar-refractivity contribution in [1.82, 2.24) is 4.98 Å². The Labute approximate surface area is 84.6 Å². The summed E-state index contributed by atoms with van der Waals surface area (Å²) < 4.78 is 5.49. The third-order valence-electron chi connectivity index (χ3n) is 1.84. The molecule has 0 aromatic carbocycles. The molecule has 0 unspecified atom stereocenters. The molecule has 0 atom stereocenters. The molecular weight excluding hydrogens is 176 g/mol. The van der Waals surface area contributed by atoms with Crippen molar-refractivity contribution in [3.05, 3.63) is 36.0 Å². The smallest absolute Gasteiger partial charge is 0.217 e. The lowest BCUT2D eigenvalue weighted by molar-refractivity contribution is 0.306. The van der Waals surface area contributed by atoms with Gasteiger partial charge in [0.1, 0.15) is 0 Å². The molecule has 0 aliphatic rings. The highest BCUT2D eigenvalue weighted by molar-refractivity contribution is 5.24. The summed E-state index contributed by atoms with van der Waals surface area (Å²) in [6.07, 6.45) is 2.55. The van der Waals surface area contributed by atoms with Gasteiger partial charge in [-0.05, 0) is 13.0 Å². The van der Waals surface area contributed by atoms with Crippen LogP contribution in [0.2, 0.25) is 0 Å². The van der Waals surface area contributed by atoms with Gasteiger partial charge in [0, 0.05) is 24.7 Å². The number of nitrogens with zero attached hydrogens (tertiary/aromatic N) is 1. The number of hydrogen-bond donors (Lipinski definition) is 1. The molecule has 0 saturated heterocycles. The first-order chi connectivity index (χ1) is 6.74. The minimum atomic E-state index is 0.455.